The van der Waals surface area contributed by atoms with Gasteiger partial charge in [-0.2, -0.15) is 0 Å². The van der Waals surface area contributed by atoms with E-state index < -0.39 is 0 Å². The molecule has 1 fully saturated rings. The summed E-state index contributed by atoms with van der Waals surface area (Å²) < 4.78 is 20.6. The number of halogens is 1. The molecular formula is C12H14FN3O. The van der Waals surface area contributed by atoms with Crippen molar-refractivity contribution >= 4 is 17.0 Å². The van der Waals surface area contributed by atoms with Crippen LogP contribution in [0.5, 0.6) is 0 Å². The molecule has 1 aromatic carbocycles. The second-order valence-electron chi connectivity index (χ2n) is 4.40. The van der Waals surface area contributed by atoms with Crippen molar-refractivity contribution in [1.29, 1.82) is 0 Å². The van der Waals surface area contributed by atoms with Gasteiger partial charge in [-0.05, 0) is 25.5 Å². The third kappa shape index (κ3) is 1.58. The fourth-order valence-corrected chi connectivity index (χ4v) is 2.50. The highest BCUT2D eigenvalue weighted by Gasteiger charge is 2.28. The minimum Gasteiger partial charge on any atom is -0.376 e. The van der Waals surface area contributed by atoms with Crippen molar-refractivity contribution in [3.05, 3.63) is 24.0 Å². The van der Waals surface area contributed by atoms with Crippen LogP contribution in [0.15, 0.2) is 18.2 Å². The van der Waals surface area contributed by atoms with E-state index in [0.717, 1.165) is 18.5 Å². The average Bonchev–Trinajstić information content (AvgIpc) is 2.80. The fourth-order valence-electron chi connectivity index (χ4n) is 2.50. The zero-order chi connectivity index (χ0) is 12.0. The molecule has 17 heavy (non-hydrogen) atoms. The lowest BCUT2D eigenvalue weighted by molar-refractivity contribution is 0.109. The van der Waals surface area contributed by atoms with Crippen LogP contribution in [0.2, 0.25) is 0 Å². The first-order chi connectivity index (χ1) is 8.16. The smallest absolute Gasteiger partial charge is 0.201 e. The molecule has 1 aromatic heterocycles. The molecule has 5 heteroatoms. The summed E-state index contributed by atoms with van der Waals surface area (Å²) in [5, 5.41) is 0. The minimum absolute atomic E-state index is 0.111. The summed E-state index contributed by atoms with van der Waals surface area (Å²) in [5.74, 6) is 0.130. The number of benzene rings is 1. The molecule has 0 radical (unpaired) electrons. The van der Waals surface area contributed by atoms with Gasteiger partial charge in [0.1, 0.15) is 5.82 Å². The predicted octanol–water partition coefficient (Wildman–Crippen LogP) is 2.11. The Hall–Kier alpha value is -1.62. The van der Waals surface area contributed by atoms with Crippen molar-refractivity contribution in [1.82, 2.24) is 9.55 Å². The van der Waals surface area contributed by atoms with Crippen LogP contribution >= 0.6 is 0 Å². The lowest BCUT2D eigenvalue weighted by atomic mass is 10.1. The van der Waals surface area contributed by atoms with Gasteiger partial charge in [-0.25, -0.2) is 9.37 Å². The summed E-state index contributed by atoms with van der Waals surface area (Å²) in [6.07, 6.45) is 1.02. The Labute approximate surface area is 98.2 Å². The second-order valence-corrected chi connectivity index (χ2v) is 4.40. The molecule has 2 unspecified atom stereocenters. The predicted molar refractivity (Wildman–Crippen MR) is 63.2 cm³/mol. The number of hydrogen-bond donors (Lipinski definition) is 1. The summed E-state index contributed by atoms with van der Waals surface area (Å²) in [4.78, 5) is 4.20. The van der Waals surface area contributed by atoms with Crippen molar-refractivity contribution < 1.29 is 9.13 Å². The number of anilines is 1. The van der Waals surface area contributed by atoms with Crippen LogP contribution in [0.1, 0.15) is 19.4 Å². The van der Waals surface area contributed by atoms with Crippen LogP contribution in [0.4, 0.5) is 10.3 Å². The van der Waals surface area contributed by atoms with Gasteiger partial charge in [0, 0.05) is 12.7 Å². The second kappa shape index (κ2) is 3.70. The van der Waals surface area contributed by atoms with E-state index in [4.69, 9.17) is 10.5 Å². The fraction of sp³-hybridized carbons (Fsp3) is 0.417. The van der Waals surface area contributed by atoms with Gasteiger partial charge in [0.15, 0.2) is 0 Å². The molecule has 0 spiro atoms. The van der Waals surface area contributed by atoms with Crippen molar-refractivity contribution in [2.24, 2.45) is 0 Å². The van der Waals surface area contributed by atoms with E-state index in [-0.39, 0.29) is 18.0 Å². The largest absolute Gasteiger partial charge is 0.376 e. The van der Waals surface area contributed by atoms with Crippen LogP contribution in [0.3, 0.4) is 0 Å². The van der Waals surface area contributed by atoms with Gasteiger partial charge in [-0.1, -0.05) is 0 Å². The number of fused-ring (bicyclic) bond motifs is 1. The lowest BCUT2D eigenvalue weighted by Gasteiger charge is -2.18. The van der Waals surface area contributed by atoms with E-state index in [2.05, 4.69) is 4.98 Å². The van der Waals surface area contributed by atoms with E-state index in [1.165, 1.54) is 12.1 Å². The maximum absolute atomic E-state index is 13.1. The number of aromatic nitrogens is 2. The Morgan fingerprint density at radius 1 is 1.53 bits per heavy atom. The number of hydrogen-bond acceptors (Lipinski definition) is 3. The van der Waals surface area contributed by atoms with Crippen molar-refractivity contribution in [2.45, 2.75) is 25.5 Å². The number of nitrogens with two attached hydrogens (primary N) is 1. The number of ether oxygens (including phenoxy) is 1. The highest BCUT2D eigenvalue weighted by Crippen LogP contribution is 2.32. The number of rotatable bonds is 1. The van der Waals surface area contributed by atoms with Gasteiger partial charge in [-0.15, -0.1) is 0 Å². The summed E-state index contributed by atoms with van der Waals surface area (Å²) in [5.41, 5.74) is 7.38. The molecule has 1 aliphatic rings. The molecule has 2 N–H and O–H groups in total. The van der Waals surface area contributed by atoms with Gasteiger partial charge < -0.3 is 15.0 Å². The highest BCUT2D eigenvalue weighted by atomic mass is 19.1. The van der Waals surface area contributed by atoms with Gasteiger partial charge in [0.2, 0.25) is 5.95 Å². The maximum atomic E-state index is 13.1. The normalized spacial score (nSPS) is 24.6. The van der Waals surface area contributed by atoms with Crippen LogP contribution in [0, 0.1) is 5.82 Å². The first-order valence-electron chi connectivity index (χ1n) is 5.71. The SMILES string of the molecule is CC1OCCC1n1c(N)nc2cc(F)ccc21. The summed E-state index contributed by atoms with van der Waals surface area (Å²) in [6.45, 7) is 2.75. The minimum atomic E-state index is -0.294. The van der Waals surface area contributed by atoms with Crippen LogP contribution < -0.4 is 5.73 Å². The standard InChI is InChI=1S/C12H14FN3O/c1-7-10(4-5-17-7)16-11-3-2-8(13)6-9(11)15-12(16)14/h2-3,6-7,10H,4-5H2,1H3,(H2,14,15). The van der Waals surface area contributed by atoms with E-state index in [1.807, 2.05) is 11.5 Å². The van der Waals surface area contributed by atoms with Crippen LogP contribution in [-0.4, -0.2) is 22.3 Å². The number of nitrogens with zero attached hydrogens (tertiary/aromatic N) is 2. The topological polar surface area (TPSA) is 53.1 Å². The lowest BCUT2D eigenvalue weighted by Crippen LogP contribution is -2.18. The first-order valence-corrected chi connectivity index (χ1v) is 5.71. The molecule has 3 rings (SSSR count). The van der Waals surface area contributed by atoms with Crippen LogP contribution in [0.25, 0.3) is 11.0 Å². The van der Waals surface area contributed by atoms with Gasteiger partial charge in [-0.3, -0.25) is 0 Å². The molecule has 1 saturated heterocycles. The summed E-state index contributed by atoms with van der Waals surface area (Å²) in [6, 6.07) is 4.74. The molecule has 0 aliphatic carbocycles. The Morgan fingerprint density at radius 2 is 2.35 bits per heavy atom. The van der Waals surface area contributed by atoms with Crippen LogP contribution in [-0.2, 0) is 4.74 Å². The zero-order valence-electron chi connectivity index (χ0n) is 9.56. The quantitative estimate of drug-likeness (QED) is 0.823. The Bertz CT molecular complexity index is 566. The third-order valence-electron chi connectivity index (χ3n) is 3.35. The molecule has 2 aromatic rings. The Morgan fingerprint density at radius 3 is 3.06 bits per heavy atom. The van der Waals surface area contributed by atoms with Crippen molar-refractivity contribution in [2.75, 3.05) is 12.3 Å². The first kappa shape index (κ1) is 10.5. The molecule has 90 valence electrons. The molecule has 2 heterocycles. The van der Waals surface area contributed by atoms with E-state index in [9.17, 15) is 4.39 Å². The van der Waals surface area contributed by atoms with Crippen molar-refractivity contribution in [3.63, 3.8) is 0 Å². The van der Waals surface area contributed by atoms with Gasteiger partial charge in [0.05, 0.1) is 23.2 Å². The highest BCUT2D eigenvalue weighted by molar-refractivity contribution is 5.78. The third-order valence-corrected chi connectivity index (χ3v) is 3.35. The Kier molecular flexibility index (Phi) is 2.29. The number of imidazole rings is 1. The van der Waals surface area contributed by atoms with Gasteiger partial charge in [0.25, 0.3) is 0 Å². The summed E-state index contributed by atoms with van der Waals surface area (Å²) >= 11 is 0. The Balaban J connectivity index is 2.18. The monoisotopic (exact) mass is 235 g/mol. The molecule has 0 amide bonds. The number of nitrogen functional groups attached to an aromatic ring is 1. The van der Waals surface area contributed by atoms with E-state index >= 15 is 0 Å². The van der Waals surface area contributed by atoms with Crippen molar-refractivity contribution in [3.8, 4) is 0 Å². The van der Waals surface area contributed by atoms with E-state index in [0.29, 0.717) is 11.5 Å². The molecule has 1 aliphatic heterocycles. The average molecular weight is 235 g/mol. The van der Waals surface area contributed by atoms with E-state index in [1.54, 1.807) is 6.07 Å². The molecule has 0 saturated carbocycles. The molecule has 2 atom stereocenters. The zero-order valence-corrected chi connectivity index (χ0v) is 9.56. The molecule has 0 bridgehead atoms. The summed E-state index contributed by atoms with van der Waals surface area (Å²) in [7, 11) is 0. The maximum Gasteiger partial charge on any atom is 0.201 e. The molecule has 4 nitrogen and oxygen atoms in total. The van der Waals surface area contributed by atoms with Gasteiger partial charge >= 0.3 is 0 Å². The molecular weight excluding hydrogens is 221 g/mol.